The Balaban J connectivity index is 1.99. The van der Waals surface area contributed by atoms with Gasteiger partial charge in [0, 0.05) is 18.8 Å². The number of hydrogen-bond donors (Lipinski definition) is 2. The van der Waals surface area contributed by atoms with Crippen molar-refractivity contribution in [3.63, 3.8) is 0 Å². The maximum Gasteiger partial charge on any atom is 0.268 e. The highest BCUT2D eigenvalue weighted by atomic mass is 16.2. The summed E-state index contributed by atoms with van der Waals surface area (Å²) in [6.07, 6.45) is 6.42. The van der Waals surface area contributed by atoms with Gasteiger partial charge in [0.1, 0.15) is 5.69 Å². The lowest BCUT2D eigenvalue weighted by molar-refractivity contribution is 0.0913. The fourth-order valence-electron chi connectivity index (χ4n) is 2.65. The first-order chi connectivity index (χ1) is 8.60. The van der Waals surface area contributed by atoms with Crippen molar-refractivity contribution in [1.29, 1.82) is 0 Å². The Bertz CT molecular complexity index is 417. The molecule has 0 spiro atoms. The first-order valence-electron chi connectivity index (χ1n) is 6.86. The number of nitrogen functional groups attached to an aromatic ring is 1. The van der Waals surface area contributed by atoms with Crippen LogP contribution in [0.4, 0.5) is 5.69 Å². The molecule has 0 atom stereocenters. The van der Waals surface area contributed by atoms with Crippen LogP contribution in [0.15, 0.2) is 12.3 Å². The zero-order valence-electron chi connectivity index (χ0n) is 11.3. The second kappa shape index (κ2) is 5.46. The Morgan fingerprint density at radius 2 is 2.11 bits per heavy atom. The third kappa shape index (κ3) is 2.86. The number of amides is 1. The van der Waals surface area contributed by atoms with Crippen LogP contribution in [-0.4, -0.2) is 16.5 Å². The first kappa shape index (κ1) is 13.0. The molecule has 1 aromatic rings. The molecule has 1 aliphatic rings. The van der Waals surface area contributed by atoms with Gasteiger partial charge in [0.25, 0.3) is 5.91 Å². The molecule has 4 heteroatoms. The van der Waals surface area contributed by atoms with Crippen molar-refractivity contribution in [1.82, 2.24) is 9.88 Å². The maximum atomic E-state index is 12.2. The summed E-state index contributed by atoms with van der Waals surface area (Å²) in [7, 11) is 0. The molecule has 0 bridgehead atoms. The number of aromatic nitrogens is 1. The van der Waals surface area contributed by atoms with Gasteiger partial charge in [-0.2, -0.15) is 0 Å². The van der Waals surface area contributed by atoms with Gasteiger partial charge in [0.15, 0.2) is 0 Å². The Labute approximate surface area is 109 Å². The molecule has 0 unspecified atom stereocenters. The number of carbonyl (C=O) groups excluding carboxylic acids is 1. The normalized spacial score (nSPS) is 23.9. The highest BCUT2D eigenvalue weighted by Crippen LogP contribution is 2.23. The lowest BCUT2D eigenvalue weighted by Crippen LogP contribution is -2.38. The van der Waals surface area contributed by atoms with E-state index in [0.717, 1.165) is 25.3 Å². The van der Waals surface area contributed by atoms with Crippen molar-refractivity contribution in [3.05, 3.63) is 18.0 Å². The van der Waals surface area contributed by atoms with Gasteiger partial charge >= 0.3 is 0 Å². The quantitative estimate of drug-likeness (QED) is 0.864. The number of rotatable bonds is 3. The van der Waals surface area contributed by atoms with Crippen molar-refractivity contribution in [3.8, 4) is 0 Å². The third-order valence-corrected chi connectivity index (χ3v) is 3.84. The molecular formula is C14H23N3O. The fraction of sp³-hybridized carbons (Fsp3) is 0.643. The van der Waals surface area contributed by atoms with Gasteiger partial charge < -0.3 is 15.6 Å². The van der Waals surface area contributed by atoms with Gasteiger partial charge in [-0.25, -0.2) is 0 Å². The van der Waals surface area contributed by atoms with E-state index in [4.69, 9.17) is 5.73 Å². The van der Waals surface area contributed by atoms with Crippen LogP contribution in [0.1, 0.15) is 50.0 Å². The molecule has 0 saturated heterocycles. The van der Waals surface area contributed by atoms with E-state index in [2.05, 4.69) is 12.2 Å². The Hall–Kier alpha value is -1.45. The summed E-state index contributed by atoms with van der Waals surface area (Å²) in [4.78, 5) is 12.2. The molecule has 1 fully saturated rings. The monoisotopic (exact) mass is 249 g/mol. The number of hydrogen-bond acceptors (Lipinski definition) is 2. The van der Waals surface area contributed by atoms with E-state index in [9.17, 15) is 4.79 Å². The van der Waals surface area contributed by atoms with E-state index in [1.165, 1.54) is 12.8 Å². The highest BCUT2D eigenvalue weighted by Gasteiger charge is 2.21. The highest BCUT2D eigenvalue weighted by molar-refractivity contribution is 5.94. The third-order valence-electron chi connectivity index (χ3n) is 3.84. The van der Waals surface area contributed by atoms with E-state index in [1.807, 2.05) is 17.7 Å². The number of nitrogens with zero attached hydrogens (tertiary/aromatic N) is 1. The van der Waals surface area contributed by atoms with Crippen molar-refractivity contribution in [2.75, 3.05) is 5.73 Å². The fourth-order valence-corrected chi connectivity index (χ4v) is 2.65. The maximum absolute atomic E-state index is 12.2. The van der Waals surface area contributed by atoms with Crippen LogP contribution in [0.2, 0.25) is 0 Å². The van der Waals surface area contributed by atoms with Crippen LogP contribution in [-0.2, 0) is 6.54 Å². The summed E-state index contributed by atoms with van der Waals surface area (Å²) in [5.41, 5.74) is 7.07. The van der Waals surface area contributed by atoms with Crippen LogP contribution >= 0.6 is 0 Å². The minimum absolute atomic E-state index is 0.00750. The average molecular weight is 249 g/mol. The summed E-state index contributed by atoms with van der Waals surface area (Å²) < 4.78 is 1.90. The van der Waals surface area contributed by atoms with Crippen LogP contribution in [0.5, 0.6) is 0 Å². The van der Waals surface area contributed by atoms with E-state index in [-0.39, 0.29) is 5.91 Å². The van der Waals surface area contributed by atoms with Crippen LogP contribution < -0.4 is 11.1 Å². The molecular weight excluding hydrogens is 226 g/mol. The lowest BCUT2D eigenvalue weighted by Gasteiger charge is -2.27. The van der Waals surface area contributed by atoms with E-state index >= 15 is 0 Å². The standard InChI is InChI=1S/C14H23N3O/c1-3-17-9-11(15)8-13(17)14(18)16-12-6-4-10(2)5-7-12/h8-10,12H,3-7,15H2,1-2H3,(H,16,18). The second-order valence-corrected chi connectivity index (χ2v) is 5.37. The Kier molecular flexibility index (Phi) is 3.94. The molecule has 0 aliphatic heterocycles. The van der Waals surface area contributed by atoms with Crippen LogP contribution in [0.25, 0.3) is 0 Å². The average Bonchev–Trinajstić information content (AvgIpc) is 2.73. The molecule has 3 N–H and O–H groups in total. The summed E-state index contributed by atoms with van der Waals surface area (Å²) in [6, 6.07) is 2.08. The largest absolute Gasteiger partial charge is 0.397 e. The van der Waals surface area contributed by atoms with Crippen LogP contribution in [0.3, 0.4) is 0 Å². The van der Waals surface area contributed by atoms with Crippen LogP contribution in [0, 0.1) is 5.92 Å². The summed E-state index contributed by atoms with van der Waals surface area (Å²) in [6.45, 7) is 5.06. The predicted octanol–water partition coefficient (Wildman–Crippen LogP) is 2.40. The van der Waals surface area contributed by atoms with Crippen molar-refractivity contribution in [2.24, 2.45) is 5.92 Å². The van der Waals surface area contributed by atoms with E-state index in [0.29, 0.717) is 17.4 Å². The summed E-state index contributed by atoms with van der Waals surface area (Å²) in [5.74, 6) is 0.807. The van der Waals surface area contributed by atoms with Gasteiger partial charge in [-0.1, -0.05) is 6.92 Å². The zero-order chi connectivity index (χ0) is 13.1. The zero-order valence-corrected chi connectivity index (χ0v) is 11.3. The van der Waals surface area contributed by atoms with E-state index in [1.54, 1.807) is 6.07 Å². The number of carbonyl (C=O) groups is 1. The summed E-state index contributed by atoms with van der Waals surface area (Å²) >= 11 is 0. The number of anilines is 1. The topological polar surface area (TPSA) is 60.0 Å². The summed E-state index contributed by atoms with van der Waals surface area (Å²) in [5, 5.41) is 3.13. The van der Waals surface area contributed by atoms with E-state index < -0.39 is 0 Å². The molecule has 2 rings (SSSR count). The SMILES string of the molecule is CCn1cc(N)cc1C(=O)NC1CCC(C)CC1. The minimum atomic E-state index is 0.00750. The van der Waals surface area contributed by atoms with Crippen molar-refractivity contribution < 1.29 is 4.79 Å². The number of nitrogens with two attached hydrogens (primary N) is 1. The van der Waals surface area contributed by atoms with Gasteiger partial charge in [-0.15, -0.1) is 0 Å². The molecule has 0 aromatic carbocycles. The Morgan fingerprint density at radius 3 is 2.72 bits per heavy atom. The van der Waals surface area contributed by atoms with Crippen molar-refractivity contribution in [2.45, 2.75) is 52.1 Å². The van der Waals surface area contributed by atoms with Gasteiger partial charge in [0.05, 0.1) is 5.69 Å². The van der Waals surface area contributed by atoms with Gasteiger partial charge in [-0.05, 0) is 44.6 Å². The van der Waals surface area contributed by atoms with Crippen molar-refractivity contribution >= 4 is 11.6 Å². The molecule has 1 aromatic heterocycles. The number of aryl methyl sites for hydroxylation is 1. The minimum Gasteiger partial charge on any atom is -0.397 e. The molecule has 1 aliphatic carbocycles. The molecule has 1 heterocycles. The molecule has 0 radical (unpaired) electrons. The second-order valence-electron chi connectivity index (χ2n) is 5.37. The predicted molar refractivity (Wildman–Crippen MR) is 73.4 cm³/mol. The van der Waals surface area contributed by atoms with Gasteiger partial charge in [0.2, 0.25) is 0 Å². The smallest absolute Gasteiger partial charge is 0.268 e. The number of nitrogens with one attached hydrogen (secondary N) is 1. The van der Waals surface area contributed by atoms with Gasteiger partial charge in [-0.3, -0.25) is 4.79 Å². The molecule has 4 nitrogen and oxygen atoms in total. The molecule has 1 amide bonds. The lowest BCUT2D eigenvalue weighted by atomic mass is 9.87. The molecule has 18 heavy (non-hydrogen) atoms. The first-order valence-corrected chi connectivity index (χ1v) is 6.86. The molecule has 1 saturated carbocycles. The Morgan fingerprint density at radius 1 is 1.44 bits per heavy atom. The molecule has 100 valence electrons.